The molecule has 1 heterocycles. The highest BCUT2D eigenvalue weighted by Gasteiger charge is 2.35. The largest absolute Gasteiger partial charge is 0.492 e. The highest BCUT2D eigenvalue weighted by molar-refractivity contribution is 6.33. The molecule has 2 aliphatic rings. The van der Waals surface area contributed by atoms with Gasteiger partial charge in [0.05, 0.1) is 11.6 Å². The molecule has 6 heteroatoms. The Morgan fingerprint density at radius 3 is 2.78 bits per heavy atom. The first-order valence-electron chi connectivity index (χ1n) is 8.05. The minimum Gasteiger partial charge on any atom is -0.492 e. The van der Waals surface area contributed by atoms with Gasteiger partial charge in [0.15, 0.2) is 0 Å². The van der Waals surface area contributed by atoms with E-state index in [1.54, 1.807) is 12.1 Å². The molecule has 0 spiro atoms. The van der Waals surface area contributed by atoms with Crippen LogP contribution in [0, 0.1) is 0 Å². The summed E-state index contributed by atoms with van der Waals surface area (Å²) in [6.45, 7) is 0.842. The molecular formula is C17H20ClNO4. The van der Waals surface area contributed by atoms with E-state index in [1.807, 2.05) is 4.90 Å². The number of ether oxygens (including phenoxy) is 1. The Bertz CT molecular complexity index is 625. The van der Waals surface area contributed by atoms with Gasteiger partial charge in [-0.25, -0.2) is 0 Å². The van der Waals surface area contributed by atoms with Crippen molar-refractivity contribution in [3.8, 4) is 5.75 Å². The van der Waals surface area contributed by atoms with Crippen molar-refractivity contribution in [1.29, 1.82) is 0 Å². The van der Waals surface area contributed by atoms with Gasteiger partial charge >= 0.3 is 5.97 Å². The number of carboxylic acids is 1. The van der Waals surface area contributed by atoms with Gasteiger partial charge in [0.25, 0.3) is 5.91 Å². The summed E-state index contributed by atoms with van der Waals surface area (Å²) < 4.78 is 5.58. The fourth-order valence-corrected chi connectivity index (χ4v) is 3.66. The molecule has 5 nitrogen and oxygen atoms in total. The number of carbonyl (C=O) groups excluding carboxylic acids is 1. The lowest BCUT2D eigenvalue weighted by Crippen LogP contribution is -2.33. The van der Waals surface area contributed by atoms with Crippen molar-refractivity contribution >= 4 is 23.5 Å². The van der Waals surface area contributed by atoms with Crippen LogP contribution in [0.15, 0.2) is 12.1 Å². The number of hydrogen-bond acceptors (Lipinski definition) is 3. The molecule has 1 aliphatic heterocycles. The number of rotatable bonds is 6. The fraction of sp³-hybridized carbons (Fsp3) is 0.529. The molecule has 124 valence electrons. The Kier molecular flexibility index (Phi) is 4.76. The summed E-state index contributed by atoms with van der Waals surface area (Å²) in [4.78, 5) is 25.0. The van der Waals surface area contributed by atoms with Crippen molar-refractivity contribution in [2.24, 2.45) is 0 Å². The lowest BCUT2D eigenvalue weighted by atomic mass is 10.1. The van der Waals surface area contributed by atoms with Crippen LogP contribution in [0.25, 0.3) is 0 Å². The van der Waals surface area contributed by atoms with E-state index in [0.717, 1.165) is 18.4 Å². The van der Waals surface area contributed by atoms with Crippen LogP contribution < -0.4 is 4.74 Å². The molecule has 1 aliphatic carbocycles. The molecule has 1 aromatic rings. The van der Waals surface area contributed by atoms with Crippen LogP contribution in [0.4, 0.5) is 0 Å². The molecule has 0 saturated heterocycles. The van der Waals surface area contributed by atoms with Crippen molar-refractivity contribution in [2.45, 2.75) is 51.1 Å². The average Bonchev–Trinajstić information content (AvgIpc) is 3.14. The van der Waals surface area contributed by atoms with Gasteiger partial charge in [-0.05, 0) is 31.4 Å². The Hall–Kier alpha value is -1.75. The predicted molar refractivity (Wildman–Crippen MR) is 85.9 cm³/mol. The van der Waals surface area contributed by atoms with E-state index in [9.17, 15) is 9.59 Å². The van der Waals surface area contributed by atoms with Gasteiger partial charge < -0.3 is 14.7 Å². The number of aliphatic carboxylic acids is 1. The second-order valence-electron chi connectivity index (χ2n) is 6.12. The van der Waals surface area contributed by atoms with E-state index in [1.165, 1.54) is 12.8 Å². The standard InChI is InChI=1S/C17H20ClNO4/c18-16-13-10-19(11-4-1-2-5-11)17(22)12(13)7-8-14(16)23-9-3-6-15(20)21/h7-8,11H,1-6,9-10H2,(H,20,21). The van der Waals surface area contributed by atoms with Gasteiger partial charge in [-0.1, -0.05) is 24.4 Å². The van der Waals surface area contributed by atoms with Gasteiger partial charge in [-0.2, -0.15) is 0 Å². The number of carbonyl (C=O) groups is 2. The van der Waals surface area contributed by atoms with E-state index in [0.29, 0.717) is 41.9 Å². The van der Waals surface area contributed by atoms with Crippen LogP contribution >= 0.6 is 11.6 Å². The molecular weight excluding hydrogens is 318 g/mol. The molecule has 23 heavy (non-hydrogen) atoms. The highest BCUT2D eigenvalue weighted by Crippen LogP contribution is 2.38. The van der Waals surface area contributed by atoms with Crippen molar-refractivity contribution in [3.05, 3.63) is 28.3 Å². The second-order valence-corrected chi connectivity index (χ2v) is 6.50. The third-order valence-corrected chi connectivity index (χ3v) is 5.00. The molecule has 1 N–H and O–H groups in total. The maximum atomic E-state index is 12.5. The zero-order chi connectivity index (χ0) is 16.4. The fourth-order valence-electron chi connectivity index (χ4n) is 3.38. The smallest absolute Gasteiger partial charge is 0.303 e. The lowest BCUT2D eigenvalue weighted by Gasteiger charge is -2.23. The van der Waals surface area contributed by atoms with Gasteiger partial charge in [-0.15, -0.1) is 0 Å². The summed E-state index contributed by atoms with van der Waals surface area (Å²) in [6.07, 6.45) is 4.98. The first-order valence-corrected chi connectivity index (χ1v) is 8.42. The van der Waals surface area contributed by atoms with Crippen LogP contribution in [0.5, 0.6) is 5.75 Å². The maximum absolute atomic E-state index is 12.5. The second kappa shape index (κ2) is 6.79. The van der Waals surface area contributed by atoms with Crippen molar-refractivity contribution in [3.63, 3.8) is 0 Å². The summed E-state index contributed by atoms with van der Waals surface area (Å²) >= 11 is 6.41. The summed E-state index contributed by atoms with van der Waals surface area (Å²) in [5.74, 6) is -0.255. The van der Waals surface area contributed by atoms with E-state index < -0.39 is 5.97 Å². The minimum atomic E-state index is -0.841. The minimum absolute atomic E-state index is 0.0613. The van der Waals surface area contributed by atoms with Gasteiger partial charge in [0.1, 0.15) is 5.75 Å². The Balaban J connectivity index is 1.70. The number of nitrogens with zero attached hydrogens (tertiary/aromatic N) is 1. The number of amides is 1. The Morgan fingerprint density at radius 1 is 1.35 bits per heavy atom. The predicted octanol–water partition coefficient (Wildman–Crippen LogP) is 3.48. The SMILES string of the molecule is O=C(O)CCCOc1ccc2c(c1Cl)CN(C1CCCC1)C2=O. The number of benzene rings is 1. The number of fused-ring (bicyclic) bond motifs is 1. The number of carboxylic acid groups (broad SMARTS) is 1. The van der Waals surface area contributed by atoms with E-state index in [-0.39, 0.29) is 12.3 Å². The average molecular weight is 338 g/mol. The molecule has 1 aromatic carbocycles. The summed E-state index contributed by atoms with van der Waals surface area (Å²) in [7, 11) is 0. The van der Waals surface area contributed by atoms with E-state index in [4.69, 9.17) is 21.4 Å². The molecule has 1 amide bonds. The Labute approximate surface area is 140 Å². The maximum Gasteiger partial charge on any atom is 0.303 e. The monoisotopic (exact) mass is 337 g/mol. The van der Waals surface area contributed by atoms with Crippen molar-refractivity contribution < 1.29 is 19.4 Å². The third kappa shape index (κ3) is 3.29. The number of halogens is 1. The highest BCUT2D eigenvalue weighted by atomic mass is 35.5. The quantitative estimate of drug-likeness (QED) is 0.807. The van der Waals surface area contributed by atoms with Crippen LogP contribution in [-0.4, -0.2) is 34.5 Å². The Morgan fingerprint density at radius 2 is 2.09 bits per heavy atom. The third-order valence-electron chi connectivity index (χ3n) is 4.59. The molecule has 3 rings (SSSR count). The first-order chi connectivity index (χ1) is 11.1. The van der Waals surface area contributed by atoms with Crippen molar-refractivity contribution in [1.82, 2.24) is 4.90 Å². The molecule has 0 unspecified atom stereocenters. The lowest BCUT2D eigenvalue weighted by molar-refractivity contribution is -0.137. The van der Waals surface area contributed by atoms with Crippen LogP contribution in [0.1, 0.15) is 54.4 Å². The van der Waals surface area contributed by atoms with Crippen LogP contribution in [0.3, 0.4) is 0 Å². The van der Waals surface area contributed by atoms with Gasteiger partial charge in [0, 0.05) is 30.1 Å². The van der Waals surface area contributed by atoms with Gasteiger partial charge in [0.2, 0.25) is 0 Å². The van der Waals surface area contributed by atoms with E-state index in [2.05, 4.69) is 0 Å². The molecule has 0 radical (unpaired) electrons. The topological polar surface area (TPSA) is 66.8 Å². The molecule has 1 saturated carbocycles. The van der Waals surface area contributed by atoms with Crippen LogP contribution in [-0.2, 0) is 11.3 Å². The number of hydrogen-bond donors (Lipinski definition) is 1. The summed E-state index contributed by atoms with van der Waals surface area (Å²) in [5.41, 5.74) is 1.50. The normalized spacial score (nSPS) is 17.6. The van der Waals surface area contributed by atoms with E-state index >= 15 is 0 Å². The van der Waals surface area contributed by atoms with Crippen LogP contribution in [0.2, 0.25) is 5.02 Å². The molecule has 0 aromatic heterocycles. The first kappa shape index (κ1) is 16.1. The summed E-state index contributed by atoms with van der Waals surface area (Å²) in [6, 6.07) is 3.80. The molecule has 1 fully saturated rings. The van der Waals surface area contributed by atoms with Gasteiger partial charge in [-0.3, -0.25) is 9.59 Å². The summed E-state index contributed by atoms with van der Waals surface area (Å²) in [5, 5.41) is 9.11. The zero-order valence-electron chi connectivity index (χ0n) is 12.9. The molecule has 0 atom stereocenters. The zero-order valence-corrected chi connectivity index (χ0v) is 13.6. The van der Waals surface area contributed by atoms with Crippen molar-refractivity contribution in [2.75, 3.05) is 6.61 Å². The molecule has 0 bridgehead atoms.